The van der Waals surface area contributed by atoms with Crippen molar-refractivity contribution >= 4 is 8.80 Å². The van der Waals surface area contributed by atoms with Crippen LogP contribution in [0.2, 0.25) is 0 Å². The van der Waals surface area contributed by atoms with Crippen LogP contribution in [0.25, 0.3) is 0 Å². The first-order chi connectivity index (χ1) is 5.16. The third-order valence-electron chi connectivity index (χ3n) is 1.75. The lowest BCUT2D eigenvalue weighted by molar-refractivity contribution is 0.112. The molecule has 0 aliphatic heterocycles. The summed E-state index contributed by atoms with van der Waals surface area (Å²) in [4.78, 5) is 0. The molecule has 0 aliphatic rings. The lowest BCUT2D eigenvalue weighted by Gasteiger charge is -2.28. The Kier molecular flexibility index (Phi) is 7.90. The van der Waals surface area contributed by atoms with Crippen molar-refractivity contribution in [3.05, 3.63) is 0 Å². The molecule has 0 fully saturated rings. The predicted octanol–water partition coefficient (Wildman–Crippen LogP) is -0.684. The van der Waals surface area contributed by atoms with Gasteiger partial charge in [-0.2, -0.15) is 0 Å². The molecule has 1 unspecified atom stereocenters. The molecule has 0 aromatic carbocycles. The fraction of sp³-hybridized carbons (Fsp3) is 1.00. The standard InChI is InChI=1S/C6H17NO3Si.H2O/c1-5-6(7)11(8-2,9-3)10-4;/h6H,5,7H2,1-4H3;1H2. The van der Waals surface area contributed by atoms with E-state index >= 15 is 0 Å². The maximum atomic E-state index is 5.77. The molecule has 0 rings (SSSR count). The first-order valence-electron chi connectivity index (χ1n) is 3.57. The fourth-order valence-corrected chi connectivity index (χ4v) is 2.86. The Morgan fingerprint density at radius 3 is 1.58 bits per heavy atom. The summed E-state index contributed by atoms with van der Waals surface area (Å²) in [7, 11) is 2.15. The van der Waals surface area contributed by atoms with Gasteiger partial charge in [0.1, 0.15) is 0 Å². The van der Waals surface area contributed by atoms with Gasteiger partial charge in [0, 0.05) is 21.3 Å². The van der Waals surface area contributed by atoms with Crippen molar-refractivity contribution in [3.8, 4) is 0 Å². The molecule has 0 amide bonds. The quantitative estimate of drug-likeness (QED) is 0.591. The van der Waals surface area contributed by atoms with Crippen molar-refractivity contribution in [2.75, 3.05) is 21.3 Å². The van der Waals surface area contributed by atoms with Crippen molar-refractivity contribution in [1.29, 1.82) is 0 Å². The third kappa shape index (κ3) is 2.81. The van der Waals surface area contributed by atoms with E-state index in [0.29, 0.717) is 0 Å². The lowest BCUT2D eigenvalue weighted by atomic mass is 10.5. The molecule has 5 nitrogen and oxygen atoms in total. The molecule has 0 radical (unpaired) electrons. The Morgan fingerprint density at radius 1 is 1.17 bits per heavy atom. The zero-order chi connectivity index (χ0) is 8.91. The molecule has 0 aromatic rings. The van der Waals surface area contributed by atoms with Gasteiger partial charge in [0.25, 0.3) is 0 Å². The molecule has 6 heteroatoms. The molecule has 0 saturated carbocycles. The first kappa shape index (κ1) is 14.5. The van der Waals surface area contributed by atoms with E-state index in [1.54, 1.807) is 21.3 Å². The molecule has 4 N–H and O–H groups in total. The van der Waals surface area contributed by atoms with E-state index in [9.17, 15) is 0 Å². The average molecular weight is 197 g/mol. The molecule has 0 spiro atoms. The number of nitrogens with two attached hydrogens (primary N) is 1. The summed E-state index contributed by atoms with van der Waals surface area (Å²) >= 11 is 0. The van der Waals surface area contributed by atoms with Gasteiger partial charge in [0.2, 0.25) is 0 Å². The summed E-state index contributed by atoms with van der Waals surface area (Å²) in [5.41, 5.74) is 5.63. The van der Waals surface area contributed by atoms with Crippen molar-refractivity contribution < 1.29 is 18.8 Å². The van der Waals surface area contributed by atoms with Gasteiger partial charge < -0.3 is 24.5 Å². The molecule has 0 saturated heterocycles. The van der Waals surface area contributed by atoms with Gasteiger partial charge in [-0.15, -0.1) is 0 Å². The van der Waals surface area contributed by atoms with E-state index in [2.05, 4.69) is 0 Å². The van der Waals surface area contributed by atoms with Gasteiger partial charge in [-0.1, -0.05) is 6.92 Å². The topological polar surface area (TPSA) is 85.2 Å². The molecule has 76 valence electrons. The van der Waals surface area contributed by atoms with E-state index < -0.39 is 8.80 Å². The van der Waals surface area contributed by atoms with E-state index in [-0.39, 0.29) is 11.1 Å². The van der Waals surface area contributed by atoms with Crippen LogP contribution >= 0.6 is 0 Å². The number of hydrogen-bond donors (Lipinski definition) is 1. The summed E-state index contributed by atoms with van der Waals surface area (Å²) in [6.45, 7) is 1.98. The highest BCUT2D eigenvalue weighted by Crippen LogP contribution is 2.11. The number of rotatable bonds is 5. The van der Waals surface area contributed by atoms with E-state index in [0.717, 1.165) is 6.42 Å². The van der Waals surface area contributed by atoms with Crippen LogP contribution in [0, 0.1) is 0 Å². The van der Waals surface area contributed by atoms with Crippen molar-refractivity contribution in [2.24, 2.45) is 5.73 Å². The summed E-state index contributed by atoms with van der Waals surface area (Å²) in [5.74, 6) is 0. The van der Waals surface area contributed by atoms with Gasteiger partial charge in [0.05, 0.1) is 5.67 Å². The Labute approximate surface area is 74.5 Å². The van der Waals surface area contributed by atoms with Gasteiger partial charge in [-0.3, -0.25) is 0 Å². The molecule has 0 aromatic heterocycles. The molecular weight excluding hydrogens is 178 g/mol. The minimum atomic E-state index is -2.54. The van der Waals surface area contributed by atoms with Crippen LogP contribution in [0.1, 0.15) is 13.3 Å². The maximum absolute atomic E-state index is 5.77. The second-order valence-corrected chi connectivity index (χ2v) is 5.40. The third-order valence-corrected chi connectivity index (χ3v) is 4.77. The normalized spacial score (nSPS) is 13.8. The predicted molar refractivity (Wildman–Crippen MR) is 48.7 cm³/mol. The molecule has 0 heterocycles. The van der Waals surface area contributed by atoms with E-state index in [4.69, 9.17) is 19.0 Å². The highest BCUT2D eigenvalue weighted by molar-refractivity contribution is 6.62. The van der Waals surface area contributed by atoms with Crippen molar-refractivity contribution in [3.63, 3.8) is 0 Å². The van der Waals surface area contributed by atoms with Crippen molar-refractivity contribution in [2.45, 2.75) is 19.0 Å². The number of hydrogen-bond acceptors (Lipinski definition) is 4. The minimum absolute atomic E-state index is 0. The van der Waals surface area contributed by atoms with Crippen LogP contribution in [0.5, 0.6) is 0 Å². The van der Waals surface area contributed by atoms with Crippen LogP contribution in [-0.2, 0) is 13.3 Å². The fourth-order valence-electron chi connectivity index (χ4n) is 0.954. The molecule has 12 heavy (non-hydrogen) atoms. The van der Waals surface area contributed by atoms with Crippen LogP contribution in [0.15, 0.2) is 0 Å². The Hall–Kier alpha value is 0.0169. The Balaban J connectivity index is 0. The zero-order valence-electron chi connectivity index (χ0n) is 8.09. The van der Waals surface area contributed by atoms with Crippen LogP contribution in [0.4, 0.5) is 0 Å². The minimum Gasteiger partial charge on any atom is -0.412 e. The van der Waals surface area contributed by atoms with Gasteiger partial charge in [0.15, 0.2) is 0 Å². The second kappa shape index (κ2) is 6.52. The summed E-state index contributed by atoms with van der Waals surface area (Å²) in [6.07, 6.45) is 0.793. The highest BCUT2D eigenvalue weighted by Gasteiger charge is 2.44. The second-order valence-electron chi connectivity index (χ2n) is 2.23. The first-order valence-corrected chi connectivity index (χ1v) is 5.38. The van der Waals surface area contributed by atoms with Crippen LogP contribution in [0.3, 0.4) is 0 Å². The van der Waals surface area contributed by atoms with Crippen LogP contribution < -0.4 is 5.73 Å². The molecular formula is C6H19NO4Si. The van der Waals surface area contributed by atoms with E-state index in [1.807, 2.05) is 6.92 Å². The smallest absolute Gasteiger partial charge is 0.412 e. The van der Waals surface area contributed by atoms with E-state index in [1.165, 1.54) is 0 Å². The zero-order valence-corrected chi connectivity index (χ0v) is 9.09. The monoisotopic (exact) mass is 197 g/mol. The SMILES string of the molecule is CCC(N)[Si](OC)(OC)OC.O. The Bertz CT molecular complexity index is 101. The average Bonchev–Trinajstić information content (AvgIpc) is 2.08. The largest absolute Gasteiger partial charge is 0.517 e. The Morgan fingerprint density at radius 2 is 1.50 bits per heavy atom. The molecule has 0 bridgehead atoms. The summed E-state index contributed by atoms with van der Waals surface area (Å²) in [5, 5.41) is 0. The van der Waals surface area contributed by atoms with Crippen molar-refractivity contribution in [1.82, 2.24) is 0 Å². The molecule has 1 atom stereocenters. The highest BCUT2D eigenvalue weighted by atomic mass is 28.4. The van der Waals surface area contributed by atoms with Gasteiger partial charge in [-0.25, -0.2) is 0 Å². The van der Waals surface area contributed by atoms with Crippen LogP contribution in [-0.4, -0.2) is 41.3 Å². The summed E-state index contributed by atoms with van der Waals surface area (Å²) in [6, 6.07) is 0. The lowest BCUT2D eigenvalue weighted by Crippen LogP contribution is -2.58. The maximum Gasteiger partial charge on any atom is 0.517 e. The van der Waals surface area contributed by atoms with Gasteiger partial charge in [-0.05, 0) is 6.42 Å². The molecule has 0 aliphatic carbocycles. The van der Waals surface area contributed by atoms with Gasteiger partial charge >= 0.3 is 8.80 Å². The summed E-state index contributed by atoms with van der Waals surface area (Å²) < 4.78 is 15.5.